The summed E-state index contributed by atoms with van der Waals surface area (Å²) in [6, 6.07) is 0. The average Bonchev–Trinajstić information content (AvgIpc) is 2.55. The third-order valence-electron chi connectivity index (χ3n) is 8.48. The van der Waals surface area contributed by atoms with Crippen LogP contribution < -0.4 is 0 Å². The highest BCUT2D eigenvalue weighted by Crippen LogP contribution is 2.70. The molecule has 0 unspecified atom stereocenters. The highest BCUT2D eigenvalue weighted by molar-refractivity contribution is 6.02. The Hall–Kier alpha value is -1.00. The molecule has 0 amide bonds. The van der Waals surface area contributed by atoms with Crippen LogP contribution in [0.25, 0.3) is 0 Å². The highest BCUT2D eigenvalue weighted by atomic mass is 16.3. The van der Waals surface area contributed by atoms with Crippen molar-refractivity contribution in [3.63, 3.8) is 0 Å². The molecule has 5 aliphatic rings. The molecule has 5 rings (SSSR count). The second-order valence-corrected chi connectivity index (χ2v) is 9.27. The van der Waals surface area contributed by atoms with Crippen molar-refractivity contribution in [1.82, 2.24) is 0 Å². The molecule has 0 heterocycles. The maximum atomic E-state index is 13.1. The molecule has 5 aliphatic carbocycles. The molecular weight excluding hydrogens is 304 g/mol. The molecule has 0 saturated heterocycles. The van der Waals surface area contributed by atoms with Crippen LogP contribution in [-0.4, -0.2) is 34.5 Å². The lowest BCUT2D eigenvalue weighted by molar-refractivity contribution is -0.198. The molecule has 24 heavy (non-hydrogen) atoms. The quantitative estimate of drug-likeness (QED) is 0.723. The van der Waals surface area contributed by atoms with Crippen molar-refractivity contribution in [3.05, 3.63) is 12.2 Å². The molecule has 5 saturated carbocycles. The molecule has 2 bridgehead atoms. The van der Waals surface area contributed by atoms with Gasteiger partial charge in [0, 0.05) is 17.8 Å². The molecule has 0 aliphatic heterocycles. The monoisotopic (exact) mass is 332 g/mol. The molecule has 0 aromatic heterocycles. The van der Waals surface area contributed by atoms with Crippen LogP contribution in [0.3, 0.4) is 0 Å². The van der Waals surface area contributed by atoms with E-state index < -0.39 is 16.9 Å². The van der Waals surface area contributed by atoms with Crippen LogP contribution in [-0.2, 0) is 9.59 Å². The maximum Gasteiger partial charge on any atom is 0.165 e. The largest absolute Gasteiger partial charge is 0.395 e. The first-order valence-corrected chi connectivity index (χ1v) is 9.26. The summed E-state index contributed by atoms with van der Waals surface area (Å²) in [5.41, 5.74) is -0.695. The summed E-state index contributed by atoms with van der Waals surface area (Å²) in [4.78, 5) is 25.6. The number of Topliss-reactive ketones (excluding diaryl/α,β-unsaturated/α-hetero) is 2. The lowest BCUT2D eigenvalue weighted by atomic mass is 9.36. The van der Waals surface area contributed by atoms with Gasteiger partial charge in [-0.1, -0.05) is 20.4 Å². The summed E-state index contributed by atoms with van der Waals surface area (Å²) < 4.78 is 0. The lowest BCUT2D eigenvalue weighted by Crippen LogP contribution is -2.67. The number of aliphatic hydroxyl groups is 2. The van der Waals surface area contributed by atoms with Gasteiger partial charge in [-0.25, -0.2) is 0 Å². The number of aliphatic hydroxyl groups excluding tert-OH is 2. The zero-order valence-corrected chi connectivity index (χ0v) is 14.7. The van der Waals surface area contributed by atoms with Crippen LogP contribution in [0.1, 0.15) is 52.4 Å². The smallest absolute Gasteiger partial charge is 0.165 e. The molecule has 0 radical (unpaired) electrons. The Kier molecular flexibility index (Phi) is 3.29. The predicted molar refractivity (Wildman–Crippen MR) is 89.1 cm³/mol. The number of carbonyl (C=O) groups excluding carboxylic acids is 2. The van der Waals surface area contributed by atoms with Crippen LogP contribution >= 0.6 is 0 Å². The van der Waals surface area contributed by atoms with E-state index in [4.69, 9.17) is 0 Å². The fraction of sp³-hybridized carbons (Fsp3) is 0.800. The van der Waals surface area contributed by atoms with Crippen LogP contribution in [0.2, 0.25) is 0 Å². The van der Waals surface area contributed by atoms with Crippen molar-refractivity contribution in [2.75, 3.05) is 6.61 Å². The minimum absolute atomic E-state index is 0.113. The van der Waals surface area contributed by atoms with Crippen molar-refractivity contribution in [3.8, 4) is 0 Å². The van der Waals surface area contributed by atoms with E-state index in [2.05, 4.69) is 13.5 Å². The average molecular weight is 332 g/mol. The molecule has 0 aromatic rings. The van der Waals surface area contributed by atoms with Gasteiger partial charge in [0.2, 0.25) is 0 Å². The molecular formula is C20H28O4. The Morgan fingerprint density at radius 1 is 1.21 bits per heavy atom. The van der Waals surface area contributed by atoms with Crippen molar-refractivity contribution in [1.29, 1.82) is 0 Å². The van der Waals surface area contributed by atoms with Gasteiger partial charge in [0.15, 0.2) is 5.78 Å². The number of fused-ring (bicyclic) bond motifs is 3. The van der Waals surface area contributed by atoms with E-state index >= 15 is 0 Å². The molecule has 4 heteroatoms. The number of rotatable bonds is 1. The standard InChI is InChI=1S/C20H28O4/c1-11-12-8-15-18(2)6-5-16(23)19(3,10-21)14(18)4-7-20(15,17(11)24)9-13(12)22/h12-15,21-22H,1,4-10H2,2-3H3/t12-,13+,14+,15+,18-,19+,20+/m1/s1. The van der Waals surface area contributed by atoms with Crippen LogP contribution in [0.4, 0.5) is 0 Å². The summed E-state index contributed by atoms with van der Waals surface area (Å²) in [7, 11) is 0. The fourth-order valence-corrected chi connectivity index (χ4v) is 7.13. The Labute approximate surface area is 143 Å². The van der Waals surface area contributed by atoms with Crippen molar-refractivity contribution in [2.45, 2.75) is 58.5 Å². The van der Waals surface area contributed by atoms with Gasteiger partial charge in [0.25, 0.3) is 0 Å². The second kappa shape index (κ2) is 4.79. The van der Waals surface area contributed by atoms with E-state index in [0.717, 1.165) is 19.3 Å². The van der Waals surface area contributed by atoms with Gasteiger partial charge >= 0.3 is 0 Å². The van der Waals surface area contributed by atoms with Crippen molar-refractivity contribution in [2.24, 2.45) is 34.0 Å². The van der Waals surface area contributed by atoms with Crippen LogP contribution in [0.15, 0.2) is 12.2 Å². The third-order valence-corrected chi connectivity index (χ3v) is 8.48. The molecule has 0 aromatic carbocycles. The summed E-state index contributed by atoms with van der Waals surface area (Å²) in [5.74, 6) is 0.507. The van der Waals surface area contributed by atoms with E-state index in [9.17, 15) is 19.8 Å². The van der Waals surface area contributed by atoms with Gasteiger partial charge in [-0.05, 0) is 54.9 Å². The lowest BCUT2D eigenvalue weighted by Gasteiger charge is -2.67. The van der Waals surface area contributed by atoms with Crippen molar-refractivity contribution >= 4 is 11.6 Å². The Morgan fingerprint density at radius 2 is 1.92 bits per heavy atom. The molecule has 5 fully saturated rings. The number of hydrogen-bond acceptors (Lipinski definition) is 4. The zero-order chi connectivity index (χ0) is 17.5. The first kappa shape index (κ1) is 16.5. The highest BCUT2D eigenvalue weighted by Gasteiger charge is 2.69. The van der Waals surface area contributed by atoms with E-state index in [1.54, 1.807) is 0 Å². The summed E-state index contributed by atoms with van der Waals surface area (Å²) in [5, 5.41) is 20.5. The summed E-state index contributed by atoms with van der Waals surface area (Å²) in [6.45, 7) is 8.02. The maximum absolute atomic E-state index is 13.1. The molecule has 4 nitrogen and oxygen atoms in total. The van der Waals surface area contributed by atoms with Gasteiger partial charge < -0.3 is 10.2 Å². The van der Waals surface area contributed by atoms with E-state index in [-0.39, 0.29) is 41.3 Å². The van der Waals surface area contributed by atoms with Gasteiger partial charge in [-0.3, -0.25) is 9.59 Å². The zero-order valence-electron chi connectivity index (χ0n) is 14.7. The SMILES string of the molecule is C=C1C(=O)[C@]23CC[C@H]4[C@@](C)(CCC(=O)[C@@]4(C)CO)[C@@H]2C[C@H]1[C@@H](O)C3. The van der Waals surface area contributed by atoms with Crippen LogP contribution in [0.5, 0.6) is 0 Å². The van der Waals surface area contributed by atoms with Gasteiger partial charge in [-0.15, -0.1) is 0 Å². The third kappa shape index (κ3) is 1.67. The van der Waals surface area contributed by atoms with Crippen LogP contribution in [0, 0.1) is 34.0 Å². The predicted octanol–water partition coefficient (Wildman–Crippen LogP) is 2.28. The second-order valence-electron chi connectivity index (χ2n) is 9.27. The Morgan fingerprint density at radius 3 is 2.58 bits per heavy atom. The summed E-state index contributed by atoms with van der Waals surface area (Å²) >= 11 is 0. The van der Waals surface area contributed by atoms with Gasteiger partial charge in [0.1, 0.15) is 5.78 Å². The topological polar surface area (TPSA) is 74.6 Å². The minimum atomic E-state index is -0.691. The van der Waals surface area contributed by atoms with E-state index in [1.807, 2.05) is 6.92 Å². The fourth-order valence-electron chi connectivity index (χ4n) is 7.13. The number of ketones is 2. The minimum Gasteiger partial charge on any atom is -0.395 e. The van der Waals surface area contributed by atoms with E-state index in [1.165, 1.54) is 0 Å². The normalized spacial score (nSPS) is 53.8. The first-order chi connectivity index (χ1) is 11.2. The van der Waals surface area contributed by atoms with Gasteiger partial charge in [0.05, 0.1) is 18.1 Å². The first-order valence-electron chi connectivity index (χ1n) is 9.26. The summed E-state index contributed by atoms with van der Waals surface area (Å²) in [6.07, 6.45) is 3.65. The van der Waals surface area contributed by atoms with Crippen molar-refractivity contribution < 1.29 is 19.8 Å². The number of hydrogen-bond donors (Lipinski definition) is 2. The molecule has 2 N–H and O–H groups in total. The molecule has 7 atom stereocenters. The Bertz CT molecular complexity index is 640. The molecule has 1 spiro atoms. The van der Waals surface area contributed by atoms with E-state index in [0.29, 0.717) is 24.8 Å². The Balaban J connectivity index is 1.81. The number of carbonyl (C=O) groups is 2. The molecule has 132 valence electrons. The van der Waals surface area contributed by atoms with Gasteiger partial charge in [-0.2, -0.15) is 0 Å².